The monoisotopic (exact) mass is 317 g/mol. The molecule has 2 N–H and O–H groups in total. The zero-order valence-corrected chi connectivity index (χ0v) is 11.7. The standard InChI is InChI=1S/C15H12BrNO2/c16-13-7-9(17)5-6-11(13)15(18)12-8-19-14-4-2-1-3-10(12)14/h1-7,12H,8,17H2. The molecule has 0 aromatic heterocycles. The Morgan fingerprint density at radius 2 is 2.05 bits per heavy atom. The summed E-state index contributed by atoms with van der Waals surface area (Å²) in [6.07, 6.45) is 0. The highest BCUT2D eigenvalue weighted by Gasteiger charge is 2.31. The van der Waals surface area contributed by atoms with Gasteiger partial charge in [0.25, 0.3) is 0 Å². The van der Waals surface area contributed by atoms with E-state index in [0.29, 0.717) is 17.9 Å². The largest absolute Gasteiger partial charge is 0.492 e. The van der Waals surface area contributed by atoms with Gasteiger partial charge in [0.05, 0.1) is 5.92 Å². The van der Waals surface area contributed by atoms with Crippen LogP contribution in [0.15, 0.2) is 46.9 Å². The molecule has 0 bridgehead atoms. The summed E-state index contributed by atoms with van der Waals surface area (Å²) in [6.45, 7) is 0.398. The van der Waals surface area contributed by atoms with Gasteiger partial charge in [0.15, 0.2) is 5.78 Å². The van der Waals surface area contributed by atoms with Crippen molar-refractivity contribution in [3.05, 3.63) is 58.1 Å². The molecule has 1 unspecified atom stereocenters. The number of para-hydroxylation sites is 1. The molecule has 0 amide bonds. The number of hydrogen-bond donors (Lipinski definition) is 1. The Labute approximate surface area is 119 Å². The van der Waals surface area contributed by atoms with Crippen molar-refractivity contribution in [1.82, 2.24) is 0 Å². The lowest BCUT2D eigenvalue weighted by Gasteiger charge is -2.10. The van der Waals surface area contributed by atoms with Gasteiger partial charge in [-0.15, -0.1) is 0 Å². The fourth-order valence-electron chi connectivity index (χ4n) is 2.30. The molecule has 0 spiro atoms. The van der Waals surface area contributed by atoms with E-state index in [-0.39, 0.29) is 11.7 Å². The van der Waals surface area contributed by atoms with Gasteiger partial charge in [-0.1, -0.05) is 18.2 Å². The summed E-state index contributed by atoms with van der Waals surface area (Å²) in [6, 6.07) is 12.9. The summed E-state index contributed by atoms with van der Waals surface area (Å²) in [5, 5.41) is 0. The minimum absolute atomic E-state index is 0.0526. The third-order valence-corrected chi connectivity index (χ3v) is 3.93. The molecule has 1 heterocycles. The minimum atomic E-state index is -0.240. The van der Waals surface area contributed by atoms with E-state index in [9.17, 15) is 4.79 Å². The Morgan fingerprint density at radius 1 is 1.26 bits per heavy atom. The maximum atomic E-state index is 12.6. The van der Waals surface area contributed by atoms with E-state index in [1.165, 1.54) is 0 Å². The van der Waals surface area contributed by atoms with E-state index in [1.807, 2.05) is 24.3 Å². The number of benzene rings is 2. The zero-order valence-electron chi connectivity index (χ0n) is 10.1. The van der Waals surface area contributed by atoms with Gasteiger partial charge < -0.3 is 10.5 Å². The van der Waals surface area contributed by atoms with Gasteiger partial charge >= 0.3 is 0 Å². The van der Waals surface area contributed by atoms with Crippen LogP contribution in [-0.4, -0.2) is 12.4 Å². The third kappa shape index (κ3) is 2.12. The van der Waals surface area contributed by atoms with Crippen LogP contribution in [0.3, 0.4) is 0 Å². The van der Waals surface area contributed by atoms with Crippen molar-refractivity contribution in [1.29, 1.82) is 0 Å². The van der Waals surface area contributed by atoms with Gasteiger partial charge in [-0.2, -0.15) is 0 Å². The van der Waals surface area contributed by atoms with Crippen LogP contribution in [0.1, 0.15) is 21.8 Å². The normalized spacial score (nSPS) is 16.8. The Hall–Kier alpha value is -1.81. The van der Waals surface area contributed by atoms with Crippen LogP contribution in [-0.2, 0) is 0 Å². The van der Waals surface area contributed by atoms with Crippen LogP contribution in [0, 0.1) is 0 Å². The number of ketones is 1. The van der Waals surface area contributed by atoms with Crippen molar-refractivity contribution in [2.45, 2.75) is 5.92 Å². The minimum Gasteiger partial charge on any atom is -0.492 e. The summed E-state index contributed by atoms with van der Waals surface area (Å²) in [4.78, 5) is 12.6. The number of anilines is 1. The average Bonchev–Trinajstić information content (AvgIpc) is 2.82. The van der Waals surface area contributed by atoms with Gasteiger partial charge in [0.2, 0.25) is 0 Å². The number of ether oxygens (including phenoxy) is 1. The number of fused-ring (bicyclic) bond motifs is 1. The molecule has 0 saturated carbocycles. The van der Waals surface area contributed by atoms with Gasteiger partial charge in [-0.05, 0) is 40.2 Å². The first-order valence-corrected chi connectivity index (χ1v) is 6.77. The first-order valence-electron chi connectivity index (χ1n) is 5.98. The van der Waals surface area contributed by atoms with Crippen molar-refractivity contribution in [2.75, 3.05) is 12.3 Å². The van der Waals surface area contributed by atoms with E-state index in [2.05, 4.69) is 15.9 Å². The molecule has 0 aliphatic carbocycles. The Balaban J connectivity index is 1.98. The van der Waals surface area contributed by atoms with Gasteiger partial charge in [0.1, 0.15) is 12.4 Å². The molecule has 0 fully saturated rings. The highest BCUT2D eigenvalue weighted by atomic mass is 79.9. The number of nitrogen functional groups attached to an aromatic ring is 1. The molecule has 2 aromatic rings. The Kier molecular flexibility index (Phi) is 3.03. The van der Waals surface area contributed by atoms with E-state index in [0.717, 1.165) is 15.8 Å². The molecule has 0 saturated heterocycles. The van der Waals surface area contributed by atoms with Crippen LogP contribution in [0.25, 0.3) is 0 Å². The average molecular weight is 318 g/mol. The summed E-state index contributed by atoms with van der Waals surface area (Å²) in [7, 11) is 0. The van der Waals surface area contributed by atoms with Crippen LogP contribution in [0.2, 0.25) is 0 Å². The van der Waals surface area contributed by atoms with Gasteiger partial charge in [0, 0.05) is 21.3 Å². The smallest absolute Gasteiger partial charge is 0.175 e. The van der Waals surface area contributed by atoms with E-state index < -0.39 is 0 Å². The summed E-state index contributed by atoms with van der Waals surface area (Å²) in [5.41, 5.74) is 7.92. The summed E-state index contributed by atoms with van der Waals surface area (Å²) < 4.78 is 6.28. The number of nitrogens with two attached hydrogens (primary N) is 1. The van der Waals surface area contributed by atoms with Crippen LogP contribution in [0.5, 0.6) is 5.75 Å². The van der Waals surface area contributed by atoms with Crippen molar-refractivity contribution in [2.24, 2.45) is 0 Å². The second-order valence-electron chi connectivity index (χ2n) is 4.50. The first kappa shape index (κ1) is 12.2. The maximum absolute atomic E-state index is 12.6. The van der Waals surface area contributed by atoms with E-state index >= 15 is 0 Å². The molecule has 2 aromatic carbocycles. The molecule has 19 heavy (non-hydrogen) atoms. The number of rotatable bonds is 2. The molecule has 0 radical (unpaired) electrons. The number of halogens is 1. The Morgan fingerprint density at radius 3 is 2.84 bits per heavy atom. The lowest BCUT2D eigenvalue weighted by molar-refractivity contribution is 0.0946. The summed E-state index contributed by atoms with van der Waals surface area (Å²) >= 11 is 3.39. The first-order chi connectivity index (χ1) is 9.16. The highest BCUT2D eigenvalue weighted by Crippen LogP contribution is 2.36. The molecule has 96 valence electrons. The number of hydrogen-bond acceptors (Lipinski definition) is 3. The highest BCUT2D eigenvalue weighted by molar-refractivity contribution is 9.10. The molecule has 1 atom stereocenters. The summed E-state index contributed by atoms with van der Waals surface area (Å²) in [5.74, 6) is 0.611. The van der Waals surface area contributed by atoms with Gasteiger partial charge in [-0.25, -0.2) is 0 Å². The lowest BCUT2D eigenvalue weighted by atomic mass is 9.92. The van der Waals surface area contributed by atoms with Crippen LogP contribution >= 0.6 is 15.9 Å². The number of Topliss-reactive ketones (excluding diaryl/α,β-unsaturated/α-hetero) is 1. The second kappa shape index (κ2) is 4.70. The van der Waals surface area contributed by atoms with Crippen molar-refractivity contribution < 1.29 is 9.53 Å². The Bertz CT molecular complexity index is 654. The number of carbonyl (C=O) groups is 1. The van der Waals surface area contributed by atoms with Crippen LogP contribution < -0.4 is 10.5 Å². The SMILES string of the molecule is Nc1ccc(C(=O)C2COc3ccccc32)c(Br)c1. The van der Waals surface area contributed by atoms with Gasteiger partial charge in [-0.3, -0.25) is 4.79 Å². The molecule has 1 aliphatic heterocycles. The number of carbonyl (C=O) groups excluding carboxylic acids is 1. The molecule has 3 rings (SSSR count). The molecule has 3 nitrogen and oxygen atoms in total. The predicted molar refractivity (Wildman–Crippen MR) is 77.6 cm³/mol. The fourth-order valence-corrected chi connectivity index (χ4v) is 2.89. The quantitative estimate of drug-likeness (QED) is 0.682. The molecular formula is C15H12BrNO2. The van der Waals surface area contributed by atoms with Crippen LogP contribution in [0.4, 0.5) is 5.69 Å². The third-order valence-electron chi connectivity index (χ3n) is 3.28. The maximum Gasteiger partial charge on any atom is 0.175 e. The van der Waals surface area contributed by atoms with E-state index in [1.54, 1.807) is 18.2 Å². The molecule has 1 aliphatic rings. The predicted octanol–water partition coefficient (Wildman–Crippen LogP) is 3.39. The fraction of sp³-hybridized carbons (Fsp3) is 0.133. The lowest BCUT2D eigenvalue weighted by Crippen LogP contribution is -2.15. The topological polar surface area (TPSA) is 52.3 Å². The molecular weight excluding hydrogens is 306 g/mol. The second-order valence-corrected chi connectivity index (χ2v) is 5.36. The van der Waals surface area contributed by atoms with E-state index in [4.69, 9.17) is 10.5 Å². The zero-order chi connectivity index (χ0) is 13.4. The van der Waals surface area contributed by atoms with Crippen molar-refractivity contribution in [3.8, 4) is 5.75 Å². The molecule has 4 heteroatoms. The van der Waals surface area contributed by atoms with Crippen molar-refractivity contribution >= 4 is 27.4 Å². The van der Waals surface area contributed by atoms with Crippen molar-refractivity contribution in [3.63, 3.8) is 0 Å².